The van der Waals surface area contributed by atoms with Crippen molar-refractivity contribution in [1.29, 1.82) is 0 Å². The van der Waals surface area contributed by atoms with Crippen molar-refractivity contribution in [1.82, 2.24) is 4.98 Å². The molecule has 3 heteroatoms. The monoisotopic (exact) mass is 325 g/mol. The average Bonchev–Trinajstić information content (AvgIpc) is 2.62. The maximum Gasteiger partial charge on any atom is 0.314 e. The van der Waals surface area contributed by atoms with Crippen molar-refractivity contribution < 1.29 is 9.53 Å². The molecule has 24 heavy (non-hydrogen) atoms. The van der Waals surface area contributed by atoms with Crippen molar-refractivity contribution in [2.75, 3.05) is 0 Å². The van der Waals surface area contributed by atoms with Gasteiger partial charge in [-0.1, -0.05) is 39.7 Å². The molecule has 0 aliphatic heterocycles. The first kappa shape index (κ1) is 18.2. The van der Waals surface area contributed by atoms with Crippen LogP contribution in [0, 0.1) is 5.92 Å². The maximum absolute atomic E-state index is 11.8. The Bertz CT molecular complexity index is 632. The maximum atomic E-state index is 11.8. The summed E-state index contributed by atoms with van der Waals surface area (Å²) in [7, 11) is 0. The minimum atomic E-state index is -0.181. The first-order chi connectivity index (χ1) is 11.6. The van der Waals surface area contributed by atoms with Gasteiger partial charge in [0.15, 0.2) is 0 Å². The van der Waals surface area contributed by atoms with Gasteiger partial charge in [-0.15, -0.1) is 0 Å². The zero-order chi connectivity index (χ0) is 17.4. The number of esters is 1. The van der Waals surface area contributed by atoms with E-state index in [1.54, 1.807) is 0 Å². The van der Waals surface area contributed by atoms with Crippen LogP contribution in [0.4, 0.5) is 0 Å². The number of unbranched alkanes of at least 4 members (excludes halogenated alkanes) is 2. The summed E-state index contributed by atoms with van der Waals surface area (Å²) in [5, 5.41) is 0. The van der Waals surface area contributed by atoms with Crippen LogP contribution in [0.25, 0.3) is 11.3 Å². The third kappa shape index (κ3) is 5.19. The summed E-state index contributed by atoms with van der Waals surface area (Å²) in [6.07, 6.45) is 7.55. The number of rotatable bonds is 8. The summed E-state index contributed by atoms with van der Waals surface area (Å²) < 4.78 is 5.37. The lowest BCUT2D eigenvalue weighted by Crippen LogP contribution is -2.16. The minimum Gasteiger partial charge on any atom is -0.426 e. The normalized spacial score (nSPS) is 12.0. The molecule has 128 valence electrons. The summed E-state index contributed by atoms with van der Waals surface area (Å²) in [5.74, 6) is 0.326. The van der Waals surface area contributed by atoms with Gasteiger partial charge in [-0.2, -0.15) is 0 Å². The molecule has 1 unspecified atom stereocenters. The summed E-state index contributed by atoms with van der Waals surface area (Å²) in [6.45, 7) is 6.07. The number of aromatic nitrogens is 1. The lowest BCUT2D eigenvalue weighted by Gasteiger charge is -2.09. The van der Waals surface area contributed by atoms with E-state index in [1.807, 2.05) is 44.3 Å². The number of hydrogen-bond donors (Lipinski definition) is 0. The van der Waals surface area contributed by atoms with Crippen LogP contribution in [0.5, 0.6) is 5.75 Å². The molecule has 0 spiro atoms. The molecular formula is C21H27NO2. The second-order valence-electron chi connectivity index (χ2n) is 6.26. The van der Waals surface area contributed by atoms with E-state index in [0.717, 1.165) is 24.1 Å². The Morgan fingerprint density at radius 2 is 1.83 bits per heavy atom. The third-order valence-corrected chi connectivity index (χ3v) is 4.28. The average molecular weight is 325 g/mol. The van der Waals surface area contributed by atoms with E-state index in [9.17, 15) is 4.79 Å². The van der Waals surface area contributed by atoms with E-state index in [-0.39, 0.29) is 11.9 Å². The Morgan fingerprint density at radius 3 is 2.42 bits per heavy atom. The summed E-state index contributed by atoms with van der Waals surface area (Å²) in [6, 6.07) is 11.7. The van der Waals surface area contributed by atoms with Crippen LogP contribution in [0.3, 0.4) is 0 Å². The Labute approximate surface area is 145 Å². The van der Waals surface area contributed by atoms with Crippen molar-refractivity contribution in [2.45, 2.75) is 52.9 Å². The van der Waals surface area contributed by atoms with Gasteiger partial charge in [0, 0.05) is 11.8 Å². The van der Waals surface area contributed by atoms with Gasteiger partial charge in [-0.05, 0) is 55.2 Å². The fourth-order valence-electron chi connectivity index (χ4n) is 2.40. The van der Waals surface area contributed by atoms with Crippen molar-refractivity contribution in [3.63, 3.8) is 0 Å². The molecular weight excluding hydrogens is 298 g/mol. The molecule has 0 saturated carbocycles. The largest absolute Gasteiger partial charge is 0.426 e. The van der Waals surface area contributed by atoms with Gasteiger partial charge in [0.05, 0.1) is 11.6 Å². The number of pyridine rings is 1. The zero-order valence-electron chi connectivity index (χ0n) is 14.9. The van der Waals surface area contributed by atoms with Crippen LogP contribution in [-0.2, 0) is 11.2 Å². The van der Waals surface area contributed by atoms with E-state index in [1.165, 1.54) is 24.8 Å². The molecule has 1 heterocycles. The molecule has 0 saturated heterocycles. The molecule has 0 N–H and O–H groups in total. The molecule has 2 rings (SSSR count). The van der Waals surface area contributed by atoms with Crippen LogP contribution >= 0.6 is 0 Å². The van der Waals surface area contributed by atoms with Crippen molar-refractivity contribution in [3.05, 3.63) is 48.2 Å². The molecule has 0 aliphatic carbocycles. The number of ether oxygens (including phenoxy) is 1. The lowest BCUT2D eigenvalue weighted by atomic mass is 10.1. The number of hydrogen-bond acceptors (Lipinski definition) is 3. The Hall–Kier alpha value is -2.16. The van der Waals surface area contributed by atoms with Crippen LogP contribution in [-0.4, -0.2) is 11.0 Å². The second-order valence-corrected chi connectivity index (χ2v) is 6.26. The van der Waals surface area contributed by atoms with Gasteiger partial charge < -0.3 is 4.74 Å². The second kappa shape index (κ2) is 9.21. The van der Waals surface area contributed by atoms with Gasteiger partial charge >= 0.3 is 5.97 Å². The minimum absolute atomic E-state index is 0.0772. The van der Waals surface area contributed by atoms with E-state index in [2.05, 4.69) is 24.0 Å². The first-order valence-electron chi connectivity index (χ1n) is 8.91. The summed E-state index contributed by atoms with van der Waals surface area (Å²) in [5.41, 5.74) is 3.25. The number of carbonyl (C=O) groups is 1. The van der Waals surface area contributed by atoms with Gasteiger partial charge in [-0.3, -0.25) is 9.78 Å². The quantitative estimate of drug-likeness (QED) is 0.369. The third-order valence-electron chi connectivity index (χ3n) is 4.28. The highest BCUT2D eigenvalue weighted by Gasteiger charge is 2.13. The molecule has 3 nitrogen and oxygen atoms in total. The van der Waals surface area contributed by atoms with Crippen molar-refractivity contribution >= 4 is 5.97 Å². The molecule has 1 atom stereocenters. The fourth-order valence-corrected chi connectivity index (χ4v) is 2.40. The molecule has 0 radical (unpaired) electrons. The van der Waals surface area contributed by atoms with Crippen molar-refractivity contribution in [2.24, 2.45) is 5.92 Å². The fraction of sp³-hybridized carbons (Fsp3) is 0.429. The standard InChI is InChI=1S/C21H27NO2/c1-4-6-7-8-17-9-14-20(22-15-17)18-10-12-19(13-11-18)24-21(23)16(3)5-2/h9-16H,4-8H2,1-3H3. The van der Waals surface area contributed by atoms with E-state index >= 15 is 0 Å². The molecule has 1 aromatic heterocycles. The zero-order valence-corrected chi connectivity index (χ0v) is 14.9. The topological polar surface area (TPSA) is 39.2 Å². The van der Waals surface area contributed by atoms with Gasteiger partial charge in [-0.25, -0.2) is 0 Å². The SMILES string of the molecule is CCCCCc1ccc(-c2ccc(OC(=O)C(C)CC)cc2)nc1. The van der Waals surface area contributed by atoms with Gasteiger partial charge in [0.1, 0.15) is 5.75 Å². The highest BCUT2D eigenvalue weighted by Crippen LogP contribution is 2.22. The van der Waals surface area contributed by atoms with Crippen LogP contribution in [0.1, 0.15) is 52.0 Å². The van der Waals surface area contributed by atoms with E-state index in [4.69, 9.17) is 4.74 Å². The molecule has 0 aliphatic rings. The molecule has 1 aromatic carbocycles. The predicted molar refractivity (Wildman–Crippen MR) is 98.0 cm³/mol. The Balaban J connectivity index is 1.98. The van der Waals surface area contributed by atoms with Crippen LogP contribution in [0.15, 0.2) is 42.6 Å². The van der Waals surface area contributed by atoms with Crippen LogP contribution in [0.2, 0.25) is 0 Å². The Morgan fingerprint density at radius 1 is 1.08 bits per heavy atom. The van der Waals surface area contributed by atoms with E-state index < -0.39 is 0 Å². The number of aryl methyl sites for hydroxylation is 1. The first-order valence-corrected chi connectivity index (χ1v) is 8.91. The van der Waals surface area contributed by atoms with Crippen molar-refractivity contribution in [3.8, 4) is 17.0 Å². The van der Waals surface area contributed by atoms with E-state index in [0.29, 0.717) is 5.75 Å². The predicted octanol–water partition coefficient (Wildman–Crippen LogP) is 5.43. The summed E-state index contributed by atoms with van der Waals surface area (Å²) >= 11 is 0. The molecule has 0 fully saturated rings. The van der Waals surface area contributed by atoms with Crippen LogP contribution < -0.4 is 4.74 Å². The smallest absolute Gasteiger partial charge is 0.314 e. The molecule has 0 bridgehead atoms. The lowest BCUT2D eigenvalue weighted by molar-refractivity contribution is -0.138. The number of nitrogens with zero attached hydrogens (tertiary/aromatic N) is 1. The number of benzene rings is 1. The summed E-state index contributed by atoms with van der Waals surface area (Å²) in [4.78, 5) is 16.4. The molecule has 0 amide bonds. The highest BCUT2D eigenvalue weighted by molar-refractivity contribution is 5.75. The number of carbonyl (C=O) groups excluding carboxylic acids is 1. The van der Waals surface area contributed by atoms with Gasteiger partial charge in [0.2, 0.25) is 0 Å². The van der Waals surface area contributed by atoms with Gasteiger partial charge in [0.25, 0.3) is 0 Å². The Kier molecular flexibility index (Phi) is 6.98. The molecule has 2 aromatic rings. The highest BCUT2D eigenvalue weighted by atomic mass is 16.5.